The lowest BCUT2D eigenvalue weighted by Crippen LogP contribution is -2.41. The number of pyridine rings is 1. The number of hydrogen-bond acceptors (Lipinski definition) is 5. The highest BCUT2D eigenvalue weighted by Gasteiger charge is 2.24. The number of carbonyl (C=O) groups is 2. The molecule has 1 aliphatic heterocycles. The molecule has 7 nitrogen and oxygen atoms in total. The monoisotopic (exact) mass is 378 g/mol. The van der Waals surface area contributed by atoms with Gasteiger partial charge in [0.25, 0.3) is 12.3 Å². The lowest BCUT2D eigenvalue weighted by Gasteiger charge is -2.27. The predicted molar refractivity (Wildman–Crippen MR) is 91.3 cm³/mol. The maximum Gasteiger partial charge on any atom is 0.336 e. The summed E-state index contributed by atoms with van der Waals surface area (Å²) in [5.41, 5.74) is 0.142. The topological polar surface area (TPSA) is 89.0 Å². The largest absolute Gasteiger partial charge is 0.494 e. The number of methoxy groups -OCH3 is 1. The van der Waals surface area contributed by atoms with Gasteiger partial charge in [0.15, 0.2) is 0 Å². The fourth-order valence-corrected chi connectivity index (χ4v) is 2.85. The van der Waals surface area contributed by atoms with Crippen LogP contribution in [0.1, 0.15) is 22.5 Å². The van der Waals surface area contributed by atoms with Crippen LogP contribution in [0.15, 0.2) is 30.5 Å². The van der Waals surface area contributed by atoms with E-state index >= 15 is 0 Å². The molecular weight excluding hydrogens is 362 g/mol. The van der Waals surface area contributed by atoms with Gasteiger partial charge in [-0.25, -0.2) is 13.6 Å². The Kier molecular flexibility index (Phi) is 5.31. The number of carboxylic acids is 1. The van der Waals surface area contributed by atoms with E-state index in [0.717, 1.165) is 12.3 Å². The van der Waals surface area contributed by atoms with Crippen LogP contribution in [0.3, 0.4) is 0 Å². The van der Waals surface area contributed by atoms with Crippen molar-refractivity contribution in [3.05, 3.63) is 41.7 Å². The Hall–Kier alpha value is -3.07. The van der Waals surface area contributed by atoms with Crippen molar-refractivity contribution in [1.82, 2.24) is 4.98 Å². The fourth-order valence-electron chi connectivity index (χ4n) is 2.85. The quantitative estimate of drug-likeness (QED) is 0.861. The molecule has 3 rings (SSSR count). The van der Waals surface area contributed by atoms with E-state index in [9.17, 15) is 23.5 Å². The van der Waals surface area contributed by atoms with Crippen molar-refractivity contribution in [1.29, 1.82) is 0 Å². The number of anilines is 1. The number of amides is 1. The van der Waals surface area contributed by atoms with Crippen LogP contribution in [0.4, 0.5) is 14.5 Å². The van der Waals surface area contributed by atoms with E-state index < -0.39 is 18.1 Å². The molecule has 1 amide bonds. The first-order valence-corrected chi connectivity index (χ1v) is 8.00. The SMILES string of the molecule is COc1cnc(C(F)F)cc1-c1cc(N2CCOCC2=O)ccc1C(=O)O. The molecule has 0 unspecified atom stereocenters. The molecule has 0 bridgehead atoms. The van der Waals surface area contributed by atoms with Crippen LogP contribution in [0.5, 0.6) is 5.75 Å². The van der Waals surface area contributed by atoms with E-state index in [1.165, 1.54) is 30.2 Å². The summed E-state index contributed by atoms with van der Waals surface area (Å²) >= 11 is 0. The highest BCUT2D eigenvalue weighted by Crippen LogP contribution is 2.36. The van der Waals surface area contributed by atoms with Gasteiger partial charge in [-0.05, 0) is 24.3 Å². The standard InChI is InChI=1S/C18H16F2N2O5/c1-26-15-8-21-14(17(19)20)7-13(15)12-6-10(2-3-11(12)18(24)25)22-4-5-27-9-16(22)23/h2-3,6-8,17H,4-5,9H2,1H3,(H,24,25). The minimum absolute atomic E-state index is 0.0792. The van der Waals surface area contributed by atoms with Crippen LogP contribution in [0.25, 0.3) is 11.1 Å². The molecule has 0 saturated carbocycles. The summed E-state index contributed by atoms with van der Waals surface area (Å²) in [4.78, 5) is 28.8. The van der Waals surface area contributed by atoms with Crippen LogP contribution in [-0.2, 0) is 9.53 Å². The molecule has 27 heavy (non-hydrogen) atoms. The first-order valence-electron chi connectivity index (χ1n) is 8.00. The Bertz CT molecular complexity index is 888. The Morgan fingerprint density at radius 1 is 1.33 bits per heavy atom. The second kappa shape index (κ2) is 7.67. The third kappa shape index (κ3) is 3.72. The maximum absolute atomic E-state index is 13.1. The second-order valence-corrected chi connectivity index (χ2v) is 5.74. The molecule has 0 atom stereocenters. The maximum atomic E-state index is 13.1. The Labute approximate surface area is 153 Å². The highest BCUT2D eigenvalue weighted by molar-refractivity contribution is 6.00. The first-order chi connectivity index (χ1) is 12.9. The summed E-state index contributed by atoms with van der Waals surface area (Å²) in [5, 5.41) is 9.52. The minimum Gasteiger partial charge on any atom is -0.494 e. The average molecular weight is 378 g/mol. The normalized spacial score (nSPS) is 14.5. The number of alkyl halides is 2. The zero-order chi connectivity index (χ0) is 19.6. The van der Waals surface area contributed by atoms with Crippen molar-refractivity contribution in [2.75, 3.05) is 31.8 Å². The summed E-state index contributed by atoms with van der Waals surface area (Å²) < 4.78 is 36.5. The van der Waals surface area contributed by atoms with Gasteiger partial charge in [-0.3, -0.25) is 9.78 Å². The molecule has 2 heterocycles. The molecule has 1 fully saturated rings. The van der Waals surface area contributed by atoms with Gasteiger partial charge in [-0.15, -0.1) is 0 Å². The summed E-state index contributed by atoms with van der Waals surface area (Å²) in [5.74, 6) is -1.36. The zero-order valence-corrected chi connectivity index (χ0v) is 14.3. The van der Waals surface area contributed by atoms with Gasteiger partial charge < -0.3 is 19.5 Å². The van der Waals surface area contributed by atoms with Crippen LogP contribution in [0, 0.1) is 0 Å². The van der Waals surface area contributed by atoms with E-state index in [0.29, 0.717) is 18.8 Å². The third-order valence-electron chi connectivity index (χ3n) is 4.15. The molecule has 1 aromatic heterocycles. The average Bonchev–Trinajstić information content (AvgIpc) is 2.67. The summed E-state index contributed by atoms with van der Waals surface area (Å²) in [6.45, 7) is 0.570. The number of hydrogen-bond donors (Lipinski definition) is 1. The number of carbonyl (C=O) groups excluding carboxylic acids is 1. The minimum atomic E-state index is -2.83. The number of aromatic nitrogens is 1. The smallest absolute Gasteiger partial charge is 0.336 e. The van der Waals surface area contributed by atoms with Gasteiger partial charge in [0, 0.05) is 23.4 Å². The molecule has 1 aromatic carbocycles. The number of halogens is 2. The molecule has 9 heteroatoms. The Balaban J connectivity index is 2.18. The van der Waals surface area contributed by atoms with Crippen molar-refractivity contribution < 1.29 is 33.0 Å². The summed E-state index contributed by atoms with van der Waals surface area (Å²) in [6.07, 6.45) is -1.71. The lowest BCUT2D eigenvalue weighted by atomic mass is 9.97. The molecule has 1 N–H and O–H groups in total. The van der Waals surface area contributed by atoms with E-state index in [2.05, 4.69) is 4.98 Å². The van der Waals surface area contributed by atoms with Gasteiger partial charge in [0.2, 0.25) is 0 Å². The van der Waals surface area contributed by atoms with E-state index in [4.69, 9.17) is 9.47 Å². The molecule has 0 radical (unpaired) electrons. The van der Waals surface area contributed by atoms with Gasteiger partial charge in [-0.1, -0.05) is 0 Å². The van der Waals surface area contributed by atoms with Gasteiger partial charge in [0.05, 0.1) is 25.5 Å². The number of morpholine rings is 1. The summed E-state index contributed by atoms with van der Waals surface area (Å²) in [6, 6.07) is 5.39. The lowest BCUT2D eigenvalue weighted by molar-refractivity contribution is -0.125. The van der Waals surface area contributed by atoms with Gasteiger partial charge in [0.1, 0.15) is 18.1 Å². The highest BCUT2D eigenvalue weighted by atomic mass is 19.3. The number of carboxylic acid groups (broad SMARTS) is 1. The van der Waals surface area contributed by atoms with Crippen molar-refractivity contribution in [3.63, 3.8) is 0 Å². The molecule has 0 aliphatic carbocycles. The second-order valence-electron chi connectivity index (χ2n) is 5.74. The first kappa shape index (κ1) is 18.7. The number of benzene rings is 1. The van der Waals surface area contributed by atoms with Gasteiger partial charge >= 0.3 is 5.97 Å². The number of rotatable bonds is 5. The van der Waals surface area contributed by atoms with Crippen molar-refractivity contribution >= 4 is 17.6 Å². The van der Waals surface area contributed by atoms with Crippen LogP contribution >= 0.6 is 0 Å². The summed E-state index contributed by atoms with van der Waals surface area (Å²) in [7, 11) is 1.33. The van der Waals surface area contributed by atoms with Crippen molar-refractivity contribution in [2.45, 2.75) is 6.43 Å². The van der Waals surface area contributed by atoms with E-state index in [1.807, 2.05) is 0 Å². The molecule has 142 valence electrons. The zero-order valence-electron chi connectivity index (χ0n) is 14.3. The van der Waals surface area contributed by atoms with Crippen molar-refractivity contribution in [3.8, 4) is 16.9 Å². The molecule has 1 aliphatic rings. The molecule has 0 spiro atoms. The molecule has 2 aromatic rings. The van der Waals surface area contributed by atoms with Gasteiger partial charge in [-0.2, -0.15) is 0 Å². The fraction of sp³-hybridized carbons (Fsp3) is 0.278. The number of aromatic carboxylic acids is 1. The number of nitrogens with zero attached hydrogens (tertiary/aromatic N) is 2. The van der Waals surface area contributed by atoms with Crippen LogP contribution in [0.2, 0.25) is 0 Å². The van der Waals surface area contributed by atoms with Crippen molar-refractivity contribution in [2.24, 2.45) is 0 Å². The number of ether oxygens (including phenoxy) is 2. The Morgan fingerprint density at radius 3 is 2.74 bits per heavy atom. The Morgan fingerprint density at radius 2 is 2.11 bits per heavy atom. The van der Waals surface area contributed by atoms with Crippen LogP contribution < -0.4 is 9.64 Å². The van der Waals surface area contributed by atoms with Crippen LogP contribution in [-0.4, -0.2) is 48.8 Å². The predicted octanol–water partition coefficient (Wildman–Crippen LogP) is 2.76. The molecule has 1 saturated heterocycles. The molecular formula is C18H16F2N2O5. The third-order valence-corrected chi connectivity index (χ3v) is 4.15. The van der Waals surface area contributed by atoms with E-state index in [-0.39, 0.29) is 35.0 Å². The van der Waals surface area contributed by atoms with E-state index in [1.54, 1.807) is 0 Å².